The zero-order valence-corrected chi connectivity index (χ0v) is 10.7. The van der Waals surface area contributed by atoms with Crippen LogP contribution in [0.25, 0.3) is 0 Å². The summed E-state index contributed by atoms with van der Waals surface area (Å²) in [7, 11) is 0. The van der Waals surface area contributed by atoms with Crippen molar-refractivity contribution < 1.29 is 19.4 Å². The summed E-state index contributed by atoms with van der Waals surface area (Å²) in [5, 5.41) is 11.5. The lowest BCUT2D eigenvalue weighted by molar-refractivity contribution is -0.139. The summed E-state index contributed by atoms with van der Waals surface area (Å²) in [5.74, 6) is -1.11. The Morgan fingerprint density at radius 2 is 2.33 bits per heavy atom. The van der Waals surface area contributed by atoms with Gasteiger partial charge in [-0.2, -0.15) is 0 Å². The molecule has 0 spiro atoms. The van der Waals surface area contributed by atoms with E-state index in [1.54, 1.807) is 12.1 Å². The van der Waals surface area contributed by atoms with Gasteiger partial charge >= 0.3 is 5.97 Å². The minimum absolute atomic E-state index is 0.251. The van der Waals surface area contributed by atoms with E-state index in [-0.39, 0.29) is 11.8 Å². The molecule has 0 bridgehead atoms. The van der Waals surface area contributed by atoms with Crippen LogP contribution in [0.5, 0.6) is 5.75 Å². The lowest BCUT2D eigenvalue weighted by atomic mass is 10.1. The van der Waals surface area contributed by atoms with Crippen LogP contribution in [0.2, 0.25) is 0 Å². The molecule has 7 heteroatoms. The standard InChI is InChI=1S/C11H9BrN2O4/c12-7-2-1-6-9(13-7)14-10(15)8(18-6)4-3-5(4)11(16)17/h1-2,4-5,8H,3H2,(H,16,17)(H,13,14,15). The average molecular weight is 313 g/mol. The molecule has 1 fully saturated rings. The summed E-state index contributed by atoms with van der Waals surface area (Å²) in [6.07, 6.45) is -0.256. The molecule has 3 rings (SSSR count). The van der Waals surface area contributed by atoms with Crippen LogP contribution in [-0.2, 0) is 9.59 Å². The minimum atomic E-state index is -0.879. The molecule has 3 unspecified atom stereocenters. The van der Waals surface area contributed by atoms with E-state index in [0.29, 0.717) is 22.6 Å². The number of carboxylic acids is 1. The van der Waals surface area contributed by atoms with Gasteiger partial charge < -0.3 is 15.2 Å². The Bertz CT molecular complexity index is 548. The highest BCUT2D eigenvalue weighted by Crippen LogP contribution is 2.45. The van der Waals surface area contributed by atoms with Crippen molar-refractivity contribution in [3.05, 3.63) is 16.7 Å². The second-order valence-electron chi connectivity index (χ2n) is 4.35. The van der Waals surface area contributed by atoms with Crippen LogP contribution in [0.4, 0.5) is 5.82 Å². The number of rotatable bonds is 2. The molecule has 1 aliphatic heterocycles. The number of anilines is 1. The quantitative estimate of drug-likeness (QED) is 0.803. The number of carboxylic acid groups (broad SMARTS) is 1. The summed E-state index contributed by atoms with van der Waals surface area (Å²) >= 11 is 3.20. The lowest BCUT2D eigenvalue weighted by Crippen LogP contribution is -2.39. The number of aromatic nitrogens is 1. The third-order valence-corrected chi connectivity index (χ3v) is 3.57. The third kappa shape index (κ3) is 1.84. The van der Waals surface area contributed by atoms with E-state index < -0.39 is 18.0 Å². The molecule has 3 atom stereocenters. The summed E-state index contributed by atoms with van der Waals surface area (Å²) in [6.45, 7) is 0. The van der Waals surface area contributed by atoms with Crippen LogP contribution >= 0.6 is 15.9 Å². The monoisotopic (exact) mass is 312 g/mol. The predicted molar refractivity (Wildman–Crippen MR) is 64.2 cm³/mol. The topological polar surface area (TPSA) is 88.5 Å². The molecule has 1 saturated carbocycles. The number of halogens is 1. The summed E-state index contributed by atoms with van der Waals surface area (Å²) in [4.78, 5) is 26.7. The fraction of sp³-hybridized carbons (Fsp3) is 0.364. The van der Waals surface area contributed by atoms with Gasteiger partial charge in [-0.25, -0.2) is 4.98 Å². The van der Waals surface area contributed by atoms with Gasteiger partial charge in [0.15, 0.2) is 17.7 Å². The number of amides is 1. The first-order chi connectivity index (χ1) is 8.56. The molecule has 0 saturated heterocycles. The number of aliphatic carboxylic acids is 1. The van der Waals surface area contributed by atoms with Crippen LogP contribution in [0.3, 0.4) is 0 Å². The molecule has 0 radical (unpaired) electrons. The number of hydrogen-bond acceptors (Lipinski definition) is 4. The predicted octanol–water partition coefficient (Wildman–Crippen LogP) is 1.26. The number of nitrogens with one attached hydrogen (secondary N) is 1. The Morgan fingerprint density at radius 1 is 1.56 bits per heavy atom. The van der Waals surface area contributed by atoms with E-state index in [1.807, 2.05) is 0 Å². The maximum Gasteiger partial charge on any atom is 0.306 e. The highest BCUT2D eigenvalue weighted by atomic mass is 79.9. The van der Waals surface area contributed by atoms with Gasteiger partial charge in [-0.15, -0.1) is 0 Å². The number of carbonyl (C=O) groups is 2. The van der Waals surface area contributed by atoms with Crippen molar-refractivity contribution in [3.63, 3.8) is 0 Å². The van der Waals surface area contributed by atoms with Crippen molar-refractivity contribution in [1.29, 1.82) is 0 Å². The average Bonchev–Trinajstić information content (AvgIpc) is 3.08. The van der Waals surface area contributed by atoms with Crippen LogP contribution in [-0.4, -0.2) is 28.1 Å². The van der Waals surface area contributed by atoms with Crippen molar-refractivity contribution in [2.75, 3.05) is 5.32 Å². The molecular formula is C11H9BrN2O4. The zero-order chi connectivity index (χ0) is 12.9. The molecule has 6 nitrogen and oxygen atoms in total. The fourth-order valence-electron chi connectivity index (χ4n) is 2.10. The Hall–Kier alpha value is -1.63. The van der Waals surface area contributed by atoms with Gasteiger partial charge in [0.05, 0.1) is 5.92 Å². The molecule has 94 valence electrons. The second-order valence-corrected chi connectivity index (χ2v) is 5.17. The first-order valence-corrected chi connectivity index (χ1v) is 6.22. The highest BCUT2D eigenvalue weighted by molar-refractivity contribution is 9.10. The van der Waals surface area contributed by atoms with Crippen LogP contribution in [0.15, 0.2) is 16.7 Å². The first kappa shape index (κ1) is 11.5. The van der Waals surface area contributed by atoms with Crippen molar-refractivity contribution in [2.24, 2.45) is 11.8 Å². The van der Waals surface area contributed by atoms with Crippen LogP contribution in [0.1, 0.15) is 6.42 Å². The van der Waals surface area contributed by atoms with Gasteiger partial charge in [0.2, 0.25) is 0 Å². The fourth-order valence-corrected chi connectivity index (χ4v) is 2.41. The van der Waals surface area contributed by atoms with Crippen molar-refractivity contribution in [3.8, 4) is 5.75 Å². The molecule has 1 aliphatic carbocycles. The number of ether oxygens (including phenoxy) is 1. The SMILES string of the molecule is O=C(O)C1CC1C1Oc2ccc(Br)nc2NC1=O. The highest BCUT2D eigenvalue weighted by Gasteiger charge is 2.53. The maximum absolute atomic E-state index is 11.8. The zero-order valence-electron chi connectivity index (χ0n) is 9.09. The second kappa shape index (κ2) is 3.94. The van der Waals surface area contributed by atoms with Crippen molar-refractivity contribution >= 4 is 33.6 Å². The van der Waals surface area contributed by atoms with E-state index in [1.165, 1.54) is 0 Å². The number of hydrogen-bond donors (Lipinski definition) is 2. The lowest BCUT2D eigenvalue weighted by Gasteiger charge is -2.25. The molecule has 2 aliphatic rings. The Labute approximate surface area is 110 Å². The van der Waals surface area contributed by atoms with Crippen molar-refractivity contribution in [2.45, 2.75) is 12.5 Å². The Kier molecular flexibility index (Phi) is 2.51. The van der Waals surface area contributed by atoms with Gasteiger partial charge in [0.1, 0.15) is 4.60 Å². The smallest absolute Gasteiger partial charge is 0.306 e. The van der Waals surface area contributed by atoms with E-state index in [9.17, 15) is 9.59 Å². The van der Waals surface area contributed by atoms with Gasteiger partial charge in [0, 0.05) is 5.92 Å². The van der Waals surface area contributed by atoms with Gasteiger partial charge in [0.25, 0.3) is 5.91 Å². The maximum atomic E-state index is 11.8. The number of pyridine rings is 1. The van der Waals surface area contributed by atoms with Crippen LogP contribution in [0, 0.1) is 11.8 Å². The minimum Gasteiger partial charge on any atom is -0.481 e. The van der Waals surface area contributed by atoms with Gasteiger partial charge in [-0.3, -0.25) is 9.59 Å². The molecule has 0 aromatic carbocycles. The largest absolute Gasteiger partial charge is 0.481 e. The normalized spacial score (nSPS) is 28.9. The van der Waals surface area contributed by atoms with E-state index in [2.05, 4.69) is 26.2 Å². The summed E-state index contributed by atoms with van der Waals surface area (Å²) < 4.78 is 6.14. The third-order valence-electron chi connectivity index (χ3n) is 3.12. The van der Waals surface area contributed by atoms with E-state index >= 15 is 0 Å². The Morgan fingerprint density at radius 3 is 3.00 bits per heavy atom. The number of fused-ring (bicyclic) bond motifs is 1. The molecular weight excluding hydrogens is 304 g/mol. The molecule has 1 aromatic rings. The van der Waals surface area contributed by atoms with Gasteiger partial charge in [-0.05, 0) is 34.5 Å². The van der Waals surface area contributed by atoms with E-state index in [4.69, 9.17) is 9.84 Å². The number of nitrogens with zero attached hydrogens (tertiary/aromatic N) is 1. The summed E-state index contributed by atoms with van der Waals surface area (Å²) in [5.41, 5.74) is 0. The molecule has 2 N–H and O–H groups in total. The molecule has 18 heavy (non-hydrogen) atoms. The Balaban J connectivity index is 1.83. The first-order valence-electron chi connectivity index (χ1n) is 5.43. The number of carbonyl (C=O) groups excluding carboxylic acids is 1. The molecule has 2 heterocycles. The van der Waals surface area contributed by atoms with Crippen molar-refractivity contribution in [1.82, 2.24) is 4.98 Å². The molecule has 1 amide bonds. The summed E-state index contributed by atoms with van der Waals surface area (Å²) in [6, 6.07) is 3.39. The van der Waals surface area contributed by atoms with Crippen LogP contribution < -0.4 is 10.1 Å². The molecule has 1 aromatic heterocycles. The van der Waals surface area contributed by atoms with E-state index in [0.717, 1.165) is 0 Å². The van der Waals surface area contributed by atoms with Gasteiger partial charge in [-0.1, -0.05) is 0 Å².